The highest BCUT2D eigenvalue weighted by Gasteiger charge is 2.50. The van der Waals surface area contributed by atoms with E-state index in [2.05, 4.69) is 19.9 Å². The lowest BCUT2D eigenvalue weighted by Crippen LogP contribution is -2.55. The third-order valence-corrected chi connectivity index (χ3v) is 5.09. The van der Waals surface area contributed by atoms with Crippen LogP contribution in [0.4, 0.5) is 0 Å². The van der Waals surface area contributed by atoms with Gasteiger partial charge in [-0.05, 0) is 37.5 Å². The second-order valence-corrected chi connectivity index (χ2v) is 7.16. The van der Waals surface area contributed by atoms with Gasteiger partial charge in [0.2, 0.25) is 5.78 Å². The van der Waals surface area contributed by atoms with Crippen LogP contribution >= 0.6 is 11.6 Å². The summed E-state index contributed by atoms with van der Waals surface area (Å²) < 4.78 is 5.65. The molecular weight excluding hydrogens is 328 g/mol. The zero-order valence-electron chi connectivity index (χ0n) is 14.5. The molecule has 4 unspecified atom stereocenters. The van der Waals surface area contributed by atoms with Gasteiger partial charge < -0.3 is 14.9 Å². The first-order valence-corrected chi connectivity index (χ1v) is 8.62. The number of fused-ring (bicyclic) bond motifs is 1. The molecule has 0 bridgehead atoms. The lowest BCUT2D eigenvalue weighted by molar-refractivity contribution is -0.150. The van der Waals surface area contributed by atoms with Crippen LogP contribution in [0.1, 0.15) is 34.1 Å². The molecule has 0 saturated carbocycles. The molecule has 0 aromatic rings. The van der Waals surface area contributed by atoms with Crippen LogP contribution in [0.15, 0.2) is 46.2 Å². The smallest absolute Gasteiger partial charge is 0.208 e. The lowest BCUT2D eigenvalue weighted by atomic mass is 9.75. The van der Waals surface area contributed by atoms with Crippen molar-refractivity contribution >= 4 is 17.4 Å². The summed E-state index contributed by atoms with van der Waals surface area (Å²) in [5.74, 6) is -0.0834. The second-order valence-electron chi connectivity index (χ2n) is 6.78. The fourth-order valence-corrected chi connectivity index (χ4v) is 3.26. The molecule has 0 spiro atoms. The quantitative estimate of drug-likeness (QED) is 0.762. The van der Waals surface area contributed by atoms with Crippen LogP contribution in [0.5, 0.6) is 0 Å². The molecular formula is C19H25ClO4. The van der Waals surface area contributed by atoms with Crippen LogP contribution in [-0.2, 0) is 9.53 Å². The van der Waals surface area contributed by atoms with E-state index in [-0.39, 0.29) is 11.6 Å². The molecule has 4 nitrogen and oxygen atoms in total. The number of ether oxygens (including phenoxy) is 1. The van der Waals surface area contributed by atoms with Crippen LogP contribution in [0.2, 0.25) is 0 Å². The Kier molecular flexibility index (Phi) is 5.74. The molecule has 132 valence electrons. The number of hydrogen-bond donors (Lipinski definition) is 2. The number of carbonyl (C=O) groups excluding carboxylic acids is 1. The summed E-state index contributed by atoms with van der Waals surface area (Å²) in [6, 6.07) is 0. The lowest BCUT2D eigenvalue weighted by Gasteiger charge is -2.40. The topological polar surface area (TPSA) is 66.8 Å². The van der Waals surface area contributed by atoms with Gasteiger partial charge in [-0.2, -0.15) is 0 Å². The first kappa shape index (κ1) is 19.0. The maximum absolute atomic E-state index is 12.1. The van der Waals surface area contributed by atoms with Crippen LogP contribution < -0.4 is 0 Å². The molecule has 1 aliphatic carbocycles. The predicted octanol–water partition coefficient (Wildman–Crippen LogP) is 3.25. The average molecular weight is 353 g/mol. The summed E-state index contributed by atoms with van der Waals surface area (Å²) in [6.45, 7) is 7.76. The highest BCUT2D eigenvalue weighted by Crippen LogP contribution is 2.40. The van der Waals surface area contributed by atoms with Gasteiger partial charge in [-0.15, -0.1) is 0 Å². The maximum Gasteiger partial charge on any atom is 0.208 e. The number of aliphatic hydroxyl groups excluding tert-OH is 1. The first-order chi connectivity index (χ1) is 11.2. The van der Waals surface area contributed by atoms with Gasteiger partial charge in [-0.3, -0.25) is 4.79 Å². The van der Waals surface area contributed by atoms with Crippen molar-refractivity contribution < 1.29 is 19.7 Å². The standard InChI is InChI=1S/C19H25ClO4/c1-5-11(2)8-12(3)6-7-13-9-14-15(10-24-13)17(21)19(4,23)18(22)16(14)20/h6-9,11,15,17,21,23H,5,10H2,1-4H3/b7-6+,12-8+. The summed E-state index contributed by atoms with van der Waals surface area (Å²) in [5, 5.41) is 20.4. The van der Waals surface area contributed by atoms with Crippen LogP contribution in [0, 0.1) is 11.8 Å². The van der Waals surface area contributed by atoms with Crippen LogP contribution in [0.3, 0.4) is 0 Å². The van der Waals surface area contributed by atoms with E-state index in [1.807, 2.05) is 19.1 Å². The van der Waals surface area contributed by atoms with Crippen molar-refractivity contribution in [2.24, 2.45) is 11.8 Å². The van der Waals surface area contributed by atoms with Gasteiger partial charge in [-0.25, -0.2) is 0 Å². The van der Waals surface area contributed by atoms with Crippen molar-refractivity contribution in [2.45, 2.75) is 45.8 Å². The van der Waals surface area contributed by atoms with Gasteiger partial charge in [0.05, 0.1) is 11.6 Å². The van der Waals surface area contributed by atoms with E-state index in [4.69, 9.17) is 16.3 Å². The van der Waals surface area contributed by atoms with Gasteiger partial charge in [0.25, 0.3) is 0 Å². The minimum atomic E-state index is -1.88. The predicted molar refractivity (Wildman–Crippen MR) is 94.4 cm³/mol. The summed E-state index contributed by atoms with van der Waals surface area (Å²) in [6.07, 6.45) is 7.46. The second kappa shape index (κ2) is 7.26. The monoisotopic (exact) mass is 352 g/mol. The normalized spacial score (nSPS) is 32.5. The Morgan fingerprint density at radius 1 is 1.58 bits per heavy atom. The largest absolute Gasteiger partial charge is 0.493 e. The third kappa shape index (κ3) is 3.66. The Balaban J connectivity index is 2.28. The number of ketones is 1. The van der Waals surface area contributed by atoms with E-state index in [1.54, 1.807) is 6.08 Å². The molecule has 1 heterocycles. The molecule has 0 amide bonds. The molecule has 0 fully saturated rings. The molecule has 0 saturated heterocycles. The van der Waals surface area contributed by atoms with Crippen LogP contribution in [-0.4, -0.2) is 34.3 Å². The molecule has 5 heteroatoms. The minimum Gasteiger partial charge on any atom is -0.493 e. The van der Waals surface area contributed by atoms with Crippen molar-refractivity contribution in [3.63, 3.8) is 0 Å². The first-order valence-electron chi connectivity index (χ1n) is 8.24. The van der Waals surface area contributed by atoms with Crippen molar-refractivity contribution in [1.82, 2.24) is 0 Å². The number of allylic oxidation sites excluding steroid dienone is 5. The zero-order chi connectivity index (χ0) is 18.1. The molecule has 0 radical (unpaired) electrons. The Bertz CT molecular complexity index is 640. The van der Waals surface area contributed by atoms with E-state index in [0.717, 1.165) is 12.0 Å². The number of halogens is 1. The van der Waals surface area contributed by atoms with Gasteiger partial charge in [-0.1, -0.05) is 49.6 Å². The van der Waals surface area contributed by atoms with E-state index in [1.165, 1.54) is 6.92 Å². The summed E-state index contributed by atoms with van der Waals surface area (Å²) in [4.78, 5) is 12.1. The maximum atomic E-state index is 12.1. The van der Waals surface area contributed by atoms with Crippen molar-refractivity contribution in [1.29, 1.82) is 0 Å². The van der Waals surface area contributed by atoms with Crippen molar-refractivity contribution in [3.8, 4) is 0 Å². The zero-order valence-corrected chi connectivity index (χ0v) is 15.3. The molecule has 2 N–H and O–H groups in total. The van der Waals surface area contributed by atoms with E-state index >= 15 is 0 Å². The van der Waals surface area contributed by atoms with E-state index in [9.17, 15) is 15.0 Å². The number of aliphatic hydroxyl groups is 2. The molecule has 1 aliphatic heterocycles. The highest BCUT2D eigenvalue weighted by atomic mass is 35.5. The molecule has 2 rings (SSSR count). The Morgan fingerprint density at radius 3 is 2.88 bits per heavy atom. The number of Topliss-reactive ketones (excluding diaryl/α,β-unsaturated/α-hetero) is 1. The van der Waals surface area contributed by atoms with Gasteiger partial charge in [0.1, 0.15) is 11.9 Å². The summed E-state index contributed by atoms with van der Waals surface area (Å²) >= 11 is 6.13. The molecule has 0 aromatic carbocycles. The SMILES string of the molecule is CCC(C)/C=C(C)/C=C/C1=CC2=C(Cl)C(=O)C(C)(O)C(O)C2CO1. The van der Waals surface area contributed by atoms with Gasteiger partial charge >= 0.3 is 0 Å². The third-order valence-electron chi connectivity index (χ3n) is 4.70. The summed E-state index contributed by atoms with van der Waals surface area (Å²) in [5.41, 5.74) is -0.236. The van der Waals surface area contributed by atoms with E-state index < -0.39 is 23.4 Å². The number of rotatable bonds is 4. The molecule has 0 aromatic heterocycles. The fourth-order valence-electron chi connectivity index (χ4n) is 2.88. The summed E-state index contributed by atoms with van der Waals surface area (Å²) in [7, 11) is 0. The molecule has 4 atom stereocenters. The highest BCUT2D eigenvalue weighted by molar-refractivity contribution is 6.44. The van der Waals surface area contributed by atoms with Gasteiger partial charge in [0, 0.05) is 5.92 Å². The Hall–Kier alpha value is -1.36. The molecule has 2 aliphatic rings. The Morgan fingerprint density at radius 2 is 2.25 bits per heavy atom. The minimum absolute atomic E-state index is 0.0311. The molecule has 24 heavy (non-hydrogen) atoms. The number of hydrogen-bond acceptors (Lipinski definition) is 4. The van der Waals surface area contributed by atoms with Crippen molar-refractivity contribution in [3.05, 3.63) is 46.2 Å². The van der Waals surface area contributed by atoms with Crippen molar-refractivity contribution in [2.75, 3.05) is 6.61 Å². The number of carbonyl (C=O) groups is 1. The fraction of sp³-hybridized carbons (Fsp3) is 0.526. The van der Waals surface area contributed by atoms with Gasteiger partial charge in [0.15, 0.2) is 5.60 Å². The van der Waals surface area contributed by atoms with E-state index in [0.29, 0.717) is 17.3 Å². The van der Waals surface area contributed by atoms with Crippen LogP contribution in [0.25, 0.3) is 0 Å². The Labute approximate surface area is 148 Å². The average Bonchev–Trinajstić information content (AvgIpc) is 2.56.